The van der Waals surface area contributed by atoms with Gasteiger partial charge in [-0.3, -0.25) is 4.90 Å². The Bertz CT molecular complexity index is 919. The van der Waals surface area contributed by atoms with Crippen LogP contribution in [0.1, 0.15) is 35.6 Å². The van der Waals surface area contributed by atoms with Crippen LogP contribution in [-0.4, -0.2) is 39.0 Å². The Morgan fingerprint density at radius 3 is 2.61 bits per heavy atom. The van der Waals surface area contributed by atoms with Crippen LogP contribution in [0.4, 0.5) is 0 Å². The quantitative estimate of drug-likeness (QED) is 0.762. The van der Waals surface area contributed by atoms with E-state index in [0.717, 1.165) is 64.8 Å². The van der Waals surface area contributed by atoms with Crippen LogP contribution in [0, 0.1) is 6.92 Å². The molecule has 0 amide bonds. The molecule has 0 aromatic heterocycles. The summed E-state index contributed by atoms with van der Waals surface area (Å²) in [6.07, 6.45) is 3.33. The lowest BCUT2D eigenvalue weighted by Crippen LogP contribution is -2.33. The minimum Gasteiger partial charge on any atom is -0.493 e. The van der Waals surface area contributed by atoms with Gasteiger partial charge >= 0.3 is 0 Å². The van der Waals surface area contributed by atoms with Crippen LogP contribution in [0.15, 0.2) is 24.3 Å². The average molecular weight is 381 g/mol. The number of rotatable bonds is 5. The van der Waals surface area contributed by atoms with Crippen molar-refractivity contribution in [3.8, 4) is 23.0 Å². The highest BCUT2D eigenvalue weighted by Gasteiger charge is 2.25. The molecule has 0 N–H and O–H groups in total. The van der Waals surface area contributed by atoms with Crippen LogP contribution < -0.4 is 18.9 Å². The fourth-order valence-corrected chi connectivity index (χ4v) is 3.98. The molecule has 0 saturated heterocycles. The van der Waals surface area contributed by atoms with Crippen molar-refractivity contribution in [2.75, 3.05) is 34.1 Å². The van der Waals surface area contributed by atoms with Gasteiger partial charge in [-0.2, -0.15) is 0 Å². The van der Waals surface area contributed by atoms with Crippen molar-refractivity contribution in [3.05, 3.63) is 46.5 Å². The first-order valence-electron chi connectivity index (χ1n) is 9.72. The van der Waals surface area contributed by atoms with Gasteiger partial charge < -0.3 is 18.9 Å². The smallest absolute Gasteiger partial charge is 0.161 e. The van der Waals surface area contributed by atoms with E-state index in [1.54, 1.807) is 14.2 Å². The van der Waals surface area contributed by atoms with E-state index < -0.39 is 0 Å². The monoisotopic (exact) mass is 381 g/mol. The summed E-state index contributed by atoms with van der Waals surface area (Å²) in [5.41, 5.74) is 5.61. The topological polar surface area (TPSA) is 40.2 Å². The second kappa shape index (κ2) is 7.76. The molecule has 5 heteroatoms. The van der Waals surface area contributed by atoms with Gasteiger partial charge in [0, 0.05) is 29.8 Å². The molecule has 0 saturated carbocycles. The van der Waals surface area contributed by atoms with Gasteiger partial charge in [0.25, 0.3) is 0 Å². The SMILES string of the molecule is CCCN1COc2c(cc3c(c2C)OCC(c2ccc(OC)c(OC)c2)=C3)C1. The van der Waals surface area contributed by atoms with E-state index in [2.05, 4.69) is 30.9 Å². The van der Waals surface area contributed by atoms with E-state index in [9.17, 15) is 0 Å². The highest BCUT2D eigenvalue weighted by molar-refractivity contribution is 5.87. The molecule has 2 aliphatic heterocycles. The number of hydrogen-bond acceptors (Lipinski definition) is 5. The van der Waals surface area contributed by atoms with Crippen molar-refractivity contribution in [3.63, 3.8) is 0 Å². The maximum absolute atomic E-state index is 6.16. The summed E-state index contributed by atoms with van der Waals surface area (Å²) in [5, 5.41) is 0. The molecule has 2 aromatic carbocycles. The zero-order valence-corrected chi connectivity index (χ0v) is 17.0. The van der Waals surface area contributed by atoms with E-state index in [1.807, 2.05) is 18.2 Å². The number of ether oxygens (including phenoxy) is 4. The lowest BCUT2D eigenvalue weighted by atomic mass is 9.95. The first-order chi connectivity index (χ1) is 13.6. The molecule has 5 nitrogen and oxygen atoms in total. The number of methoxy groups -OCH3 is 2. The largest absolute Gasteiger partial charge is 0.493 e. The van der Waals surface area contributed by atoms with Crippen molar-refractivity contribution in [1.29, 1.82) is 0 Å². The van der Waals surface area contributed by atoms with E-state index in [-0.39, 0.29) is 0 Å². The predicted octanol–water partition coefficient (Wildman–Crippen LogP) is 4.51. The van der Waals surface area contributed by atoms with Crippen molar-refractivity contribution < 1.29 is 18.9 Å². The number of hydrogen-bond donors (Lipinski definition) is 0. The average Bonchev–Trinajstić information content (AvgIpc) is 2.73. The van der Waals surface area contributed by atoms with Crippen molar-refractivity contribution in [2.45, 2.75) is 26.8 Å². The maximum atomic E-state index is 6.16. The summed E-state index contributed by atoms with van der Waals surface area (Å²) in [6, 6.07) is 8.17. The van der Waals surface area contributed by atoms with Crippen LogP contribution >= 0.6 is 0 Å². The van der Waals surface area contributed by atoms with Crippen molar-refractivity contribution >= 4 is 11.6 Å². The lowest BCUT2D eigenvalue weighted by molar-refractivity contribution is 0.0942. The Morgan fingerprint density at radius 2 is 1.86 bits per heavy atom. The molecule has 0 fully saturated rings. The molecular formula is C23H27NO4. The fraction of sp³-hybridized carbons (Fsp3) is 0.391. The Labute approximate surface area is 166 Å². The van der Waals surface area contributed by atoms with Crippen LogP contribution in [0.2, 0.25) is 0 Å². The van der Waals surface area contributed by atoms with Gasteiger partial charge in [-0.25, -0.2) is 0 Å². The second-order valence-electron chi connectivity index (χ2n) is 7.26. The zero-order valence-electron chi connectivity index (χ0n) is 17.0. The molecule has 0 unspecified atom stereocenters. The minimum absolute atomic E-state index is 0.518. The Morgan fingerprint density at radius 1 is 1.04 bits per heavy atom. The molecule has 0 atom stereocenters. The third-order valence-corrected chi connectivity index (χ3v) is 5.35. The standard InChI is InChI=1S/C23H27NO4/c1-5-8-24-12-18-9-17-10-19(13-27-22(17)15(2)23(18)28-14-24)16-6-7-20(25-3)21(11-16)26-4/h6-7,9-11H,5,8,12-14H2,1-4H3. The number of fused-ring (bicyclic) bond motifs is 2. The molecule has 0 spiro atoms. The zero-order chi connectivity index (χ0) is 19.7. The summed E-state index contributed by atoms with van der Waals surface area (Å²) in [5.74, 6) is 3.35. The van der Waals surface area contributed by atoms with Gasteiger partial charge in [0.15, 0.2) is 11.5 Å². The van der Waals surface area contributed by atoms with Gasteiger partial charge in [0.1, 0.15) is 24.8 Å². The van der Waals surface area contributed by atoms with Gasteiger partial charge in [0.05, 0.1) is 14.2 Å². The highest BCUT2D eigenvalue weighted by atomic mass is 16.5. The first kappa shape index (κ1) is 18.7. The molecule has 0 aliphatic carbocycles. The van der Waals surface area contributed by atoms with Gasteiger partial charge in [-0.05, 0) is 48.8 Å². The normalized spacial score (nSPS) is 15.6. The maximum Gasteiger partial charge on any atom is 0.161 e. The molecule has 0 radical (unpaired) electrons. The van der Waals surface area contributed by atoms with Crippen LogP contribution in [-0.2, 0) is 6.54 Å². The molecule has 148 valence electrons. The van der Waals surface area contributed by atoms with Crippen LogP contribution in [0.25, 0.3) is 11.6 Å². The Balaban J connectivity index is 1.71. The molecule has 4 rings (SSSR count). The number of nitrogens with zero attached hydrogens (tertiary/aromatic N) is 1. The summed E-state index contributed by atoms with van der Waals surface area (Å²) in [7, 11) is 3.30. The predicted molar refractivity (Wildman–Crippen MR) is 110 cm³/mol. The first-order valence-corrected chi connectivity index (χ1v) is 9.72. The van der Waals surface area contributed by atoms with Crippen molar-refractivity contribution in [1.82, 2.24) is 4.90 Å². The fourth-order valence-electron chi connectivity index (χ4n) is 3.98. The third-order valence-electron chi connectivity index (χ3n) is 5.35. The van der Waals surface area contributed by atoms with E-state index in [1.165, 1.54) is 5.56 Å². The summed E-state index contributed by atoms with van der Waals surface area (Å²) in [6.45, 7) is 7.40. The van der Waals surface area contributed by atoms with Crippen LogP contribution in [0.3, 0.4) is 0 Å². The molecule has 2 heterocycles. The molecule has 28 heavy (non-hydrogen) atoms. The summed E-state index contributed by atoms with van der Waals surface area (Å²) >= 11 is 0. The second-order valence-corrected chi connectivity index (χ2v) is 7.26. The van der Waals surface area contributed by atoms with E-state index >= 15 is 0 Å². The summed E-state index contributed by atoms with van der Waals surface area (Å²) < 4.78 is 23.0. The van der Waals surface area contributed by atoms with Gasteiger partial charge in [0.2, 0.25) is 0 Å². The lowest BCUT2D eigenvalue weighted by Gasteiger charge is -2.31. The number of benzene rings is 2. The van der Waals surface area contributed by atoms with Crippen molar-refractivity contribution in [2.24, 2.45) is 0 Å². The molecule has 2 aliphatic rings. The molecular weight excluding hydrogens is 354 g/mol. The third kappa shape index (κ3) is 3.31. The molecule has 2 aromatic rings. The van der Waals surface area contributed by atoms with Crippen LogP contribution in [0.5, 0.6) is 23.0 Å². The Kier molecular flexibility index (Phi) is 5.18. The Hall–Kier alpha value is -2.66. The minimum atomic E-state index is 0.518. The van der Waals surface area contributed by atoms with Gasteiger partial charge in [-0.1, -0.05) is 13.0 Å². The van der Waals surface area contributed by atoms with E-state index in [4.69, 9.17) is 18.9 Å². The van der Waals surface area contributed by atoms with E-state index in [0.29, 0.717) is 13.3 Å². The highest BCUT2D eigenvalue weighted by Crippen LogP contribution is 2.42. The summed E-state index contributed by atoms with van der Waals surface area (Å²) in [4.78, 5) is 2.33. The molecule has 0 bridgehead atoms. The van der Waals surface area contributed by atoms with Gasteiger partial charge in [-0.15, -0.1) is 0 Å².